The lowest BCUT2D eigenvalue weighted by Crippen LogP contribution is -2.60. The van der Waals surface area contributed by atoms with Gasteiger partial charge in [0.1, 0.15) is 0 Å². The molecule has 0 unspecified atom stereocenters. The normalized spacial score (nSPS) is 18.4. The van der Waals surface area contributed by atoms with E-state index < -0.39 is 0 Å². The Hall–Kier alpha value is -0.770. The highest BCUT2D eigenvalue weighted by atomic mass is 16.2. The van der Waals surface area contributed by atoms with E-state index in [-0.39, 0.29) is 11.6 Å². The second-order valence-corrected chi connectivity index (χ2v) is 5.44. The summed E-state index contributed by atoms with van der Waals surface area (Å²) in [5.74, 6) is 0. The highest BCUT2D eigenvalue weighted by molar-refractivity contribution is 5.75. The van der Waals surface area contributed by atoms with Crippen molar-refractivity contribution in [3.8, 4) is 0 Å². The van der Waals surface area contributed by atoms with Gasteiger partial charge in [-0.2, -0.15) is 0 Å². The first-order valence-corrected chi connectivity index (χ1v) is 7.34. The molecule has 2 N–H and O–H groups in total. The van der Waals surface area contributed by atoms with E-state index in [9.17, 15) is 4.79 Å². The van der Waals surface area contributed by atoms with E-state index in [2.05, 4.69) is 11.8 Å². The molecule has 106 valence electrons. The molecular formula is C14H29N3O. The zero-order valence-electron chi connectivity index (χ0n) is 12.2. The summed E-state index contributed by atoms with van der Waals surface area (Å²) in [6.07, 6.45) is 6.78. The molecule has 1 aliphatic carbocycles. The molecule has 0 bridgehead atoms. The van der Waals surface area contributed by atoms with Gasteiger partial charge in [0.05, 0.1) is 5.54 Å². The van der Waals surface area contributed by atoms with Crippen LogP contribution in [0.4, 0.5) is 4.79 Å². The Morgan fingerprint density at radius 3 is 2.28 bits per heavy atom. The molecule has 0 aliphatic heterocycles. The van der Waals surface area contributed by atoms with Gasteiger partial charge in [0.15, 0.2) is 0 Å². The van der Waals surface area contributed by atoms with Crippen molar-refractivity contribution in [3.05, 3.63) is 0 Å². The van der Waals surface area contributed by atoms with E-state index in [1.54, 1.807) is 4.90 Å². The topological polar surface area (TPSA) is 49.6 Å². The van der Waals surface area contributed by atoms with Gasteiger partial charge in [-0.05, 0) is 26.2 Å². The van der Waals surface area contributed by atoms with Crippen molar-refractivity contribution in [2.45, 2.75) is 57.9 Å². The number of urea groups is 1. The summed E-state index contributed by atoms with van der Waals surface area (Å²) in [6.45, 7) is 6.30. The van der Waals surface area contributed by atoms with Gasteiger partial charge in [-0.25, -0.2) is 4.79 Å². The van der Waals surface area contributed by atoms with Crippen LogP contribution in [0.2, 0.25) is 0 Å². The van der Waals surface area contributed by atoms with Gasteiger partial charge in [0.25, 0.3) is 0 Å². The Morgan fingerprint density at radius 2 is 1.83 bits per heavy atom. The zero-order chi connectivity index (χ0) is 13.6. The molecule has 1 aliphatic rings. The molecule has 4 nitrogen and oxygen atoms in total. The first-order valence-electron chi connectivity index (χ1n) is 7.34. The van der Waals surface area contributed by atoms with E-state index in [1.165, 1.54) is 19.3 Å². The third-order valence-corrected chi connectivity index (χ3v) is 4.22. The molecule has 0 aromatic rings. The highest BCUT2D eigenvalue weighted by Gasteiger charge is 2.39. The van der Waals surface area contributed by atoms with Crippen LogP contribution in [0.15, 0.2) is 0 Å². The first kappa shape index (κ1) is 15.3. The molecule has 4 heteroatoms. The average molecular weight is 255 g/mol. The van der Waals surface area contributed by atoms with Crippen LogP contribution >= 0.6 is 0 Å². The van der Waals surface area contributed by atoms with Crippen molar-refractivity contribution < 1.29 is 4.79 Å². The van der Waals surface area contributed by atoms with Crippen LogP contribution in [0.3, 0.4) is 0 Å². The maximum atomic E-state index is 12.5. The lowest BCUT2D eigenvalue weighted by molar-refractivity contribution is 0.0667. The molecule has 0 heterocycles. The molecule has 1 rings (SSSR count). The Bertz CT molecular complexity index is 262. The summed E-state index contributed by atoms with van der Waals surface area (Å²) in [7, 11) is 1.87. The van der Waals surface area contributed by atoms with Crippen LogP contribution < -0.4 is 5.73 Å². The summed E-state index contributed by atoms with van der Waals surface area (Å²) in [4.78, 5) is 16.4. The predicted octanol–water partition coefficient (Wildman–Crippen LogP) is 2.43. The molecule has 0 radical (unpaired) electrons. The molecule has 2 amide bonds. The summed E-state index contributed by atoms with van der Waals surface area (Å²) in [5.41, 5.74) is 5.95. The van der Waals surface area contributed by atoms with Crippen molar-refractivity contribution >= 4 is 6.03 Å². The number of hydrogen-bond donors (Lipinski definition) is 1. The number of carbonyl (C=O) groups excluding carboxylic acids is 1. The number of nitrogens with two attached hydrogens (primary N) is 1. The second-order valence-electron chi connectivity index (χ2n) is 5.44. The van der Waals surface area contributed by atoms with E-state index in [0.29, 0.717) is 6.54 Å². The fraction of sp³-hybridized carbons (Fsp3) is 0.929. The molecule has 0 aromatic heterocycles. The van der Waals surface area contributed by atoms with E-state index >= 15 is 0 Å². The van der Waals surface area contributed by atoms with Crippen LogP contribution in [-0.2, 0) is 0 Å². The quantitative estimate of drug-likeness (QED) is 0.820. The number of rotatable bonds is 5. The van der Waals surface area contributed by atoms with Gasteiger partial charge >= 0.3 is 6.03 Å². The minimum atomic E-state index is -0.0885. The number of nitrogens with zero attached hydrogens (tertiary/aromatic N) is 2. The molecule has 0 aromatic carbocycles. The van der Waals surface area contributed by atoms with Crippen LogP contribution in [-0.4, -0.2) is 48.1 Å². The lowest BCUT2D eigenvalue weighted by Gasteiger charge is -2.47. The van der Waals surface area contributed by atoms with Crippen molar-refractivity contribution in [2.24, 2.45) is 5.73 Å². The predicted molar refractivity (Wildman–Crippen MR) is 75.6 cm³/mol. The molecule has 0 atom stereocenters. The first-order chi connectivity index (χ1) is 8.61. The molecule has 18 heavy (non-hydrogen) atoms. The molecule has 0 spiro atoms. The maximum absolute atomic E-state index is 12.5. The van der Waals surface area contributed by atoms with Gasteiger partial charge in [-0.1, -0.05) is 26.2 Å². The maximum Gasteiger partial charge on any atom is 0.320 e. The lowest BCUT2D eigenvalue weighted by atomic mass is 9.80. The summed E-state index contributed by atoms with van der Waals surface area (Å²) < 4.78 is 0. The fourth-order valence-electron chi connectivity index (χ4n) is 2.89. The van der Waals surface area contributed by atoms with Crippen molar-refractivity contribution in [3.63, 3.8) is 0 Å². The van der Waals surface area contributed by atoms with Crippen molar-refractivity contribution in [1.29, 1.82) is 0 Å². The number of amides is 2. The zero-order valence-corrected chi connectivity index (χ0v) is 12.2. The fourth-order valence-corrected chi connectivity index (χ4v) is 2.89. The molecular weight excluding hydrogens is 226 g/mol. The third-order valence-electron chi connectivity index (χ3n) is 4.22. The van der Waals surface area contributed by atoms with Gasteiger partial charge in [0.2, 0.25) is 0 Å². The average Bonchev–Trinajstić information content (AvgIpc) is 2.43. The monoisotopic (exact) mass is 255 g/mol. The minimum Gasteiger partial charge on any atom is -0.328 e. The minimum absolute atomic E-state index is 0.0885. The van der Waals surface area contributed by atoms with E-state index in [4.69, 9.17) is 5.73 Å². The Morgan fingerprint density at radius 1 is 1.22 bits per heavy atom. The SMILES string of the molecule is CCCN(C(=O)N(C)CC)C1(CN)CCCCC1. The standard InChI is InChI=1S/C14H29N3O/c1-4-11-17(13(18)16(3)5-2)14(12-15)9-7-6-8-10-14/h4-12,15H2,1-3H3. The molecule has 0 saturated heterocycles. The Balaban J connectivity index is 2.89. The smallest absolute Gasteiger partial charge is 0.320 e. The van der Waals surface area contributed by atoms with Crippen molar-refractivity contribution in [2.75, 3.05) is 26.7 Å². The van der Waals surface area contributed by atoms with Crippen molar-refractivity contribution in [1.82, 2.24) is 9.80 Å². The Labute approximate surface area is 111 Å². The largest absolute Gasteiger partial charge is 0.328 e. The number of carbonyl (C=O) groups is 1. The molecule has 1 fully saturated rings. The summed E-state index contributed by atoms with van der Waals surface area (Å²) >= 11 is 0. The second kappa shape index (κ2) is 6.98. The van der Waals surface area contributed by atoms with Crippen LogP contribution in [0.1, 0.15) is 52.4 Å². The summed E-state index contributed by atoms with van der Waals surface area (Å²) in [5, 5.41) is 0. The van der Waals surface area contributed by atoms with E-state index in [1.807, 2.05) is 14.0 Å². The van der Waals surface area contributed by atoms with Gasteiger partial charge in [-0.3, -0.25) is 0 Å². The molecule has 1 saturated carbocycles. The highest BCUT2D eigenvalue weighted by Crippen LogP contribution is 2.33. The van der Waals surface area contributed by atoms with E-state index in [0.717, 1.165) is 32.4 Å². The van der Waals surface area contributed by atoms with Crippen LogP contribution in [0, 0.1) is 0 Å². The Kier molecular flexibility index (Phi) is 5.93. The summed E-state index contributed by atoms with van der Waals surface area (Å²) in [6, 6.07) is 0.145. The van der Waals surface area contributed by atoms with Gasteiger partial charge in [-0.15, -0.1) is 0 Å². The third kappa shape index (κ3) is 3.16. The number of hydrogen-bond acceptors (Lipinski definition) is 2. The van der Waals surface area contributed by atoms with Crippen LogP contribution in [0.5, 0.6) is 0 Å². The van der Waals surface area contributed by atoms with Gasteiger partial charge < -0.3 is 15.5 Å². The van der Waals surface area contributed by atoms with Crippen LogP contribution in [0.25, 0.3) is 0 Å². The van der Waals surface area contributed by atoms with Gasteiger partial charge in [0, 0.05) is 26.7 Å².